The minimum absolute atomic E-state index is 0.0488. The van der Waals surface area contributed by atoms with Gasteiger partial charge in [-0.05, 0) is 42.3 Å². The number of hydrogen-bond donors (Lipinski definition) is 1. The highest BCUT2D eigenvalue weighted by Gasteiger charge is 2.26. The molecule has 1 atom stereocenters. The fraction of sp³-hybridized carbons (Fsp3) is 0.208. The van der Waals surface area contributed by atoms with Crippen LogP contribution in [0.2, 0.25) is 0 Å². The zero-order chi connectivity index (χ0) is 21.6. The number of likely N-dealkylation sites (tertiary alicyclic amines) is 1. The molecule has 1 saturated heterocycles. The molecule has 0 bridgehead atoms. The van der Waals surface area contributed by atoms with E-state index in [0.29, 0.717) is 42.7 Å². The van der Waals surface area contributed by atoms with Crippen LogP contribution in [0.25, 0.3) is 11.1 Å². The van der Waals surface area contributed by atoms with Gasteiger partial charge in [-0.1, -0.05) is 36.9 Å². The van der Waals surface area contributed by atoms with E-state index < -0.39 is 0 Å². The predicted molar refractivity (Wildman–Crippen MR) is 119 cm³/mol. The highest BCUT2D eigenvalue weighted by atomic mass is 16.5. The number of aromatic nitrogens is 2. The number of hydrogen-bond acceptors (Lipinski definition) is 6. The third-order valence-electron chi connectivity index (χ3n) is 5.19. The van der Waals surface area contributed by atoms with E-state index in [4.69, 9.17) is 15.2 Å². The van der Waals surface area contributed by atoms with E-state index in [1.165, 1.54) is 12.4 Å². The molecular formula is C24H24N4O3. The van der Waals surface area contributed by atoms with Crippen molar-refractivity contribution < 1.29 is 14.3 Å². The quantitative estimate of drug-likeness (QED) is 0.587. The van der Waals surface area contributed by atoms with E-state index >= 15 is 0 Å². The molecular weight excluding hydrogens is 392 g/mol. The van der Waals surface area contributed by atoms with E-state index in [1.54, 1.807) is 4.90 Å². The molecule has 0 spiro atoms. The molecule has 158 valence electrons. The van der Waals surface area contributed by atoms with Gasteiger partial charge in [0, 0.05) is 19.0 Å². The molecule has 0 radical (unpaired) electrons. The van der Waals surface area contributed by atoms with E-state index in [1.807, 2.05) is 54.6 Å². The van der Waals surface area contributed by atoms with Gasteiger partial charge in [-0.25, -0.2) is 9.97 Å². The topological polar surface area (TPSA) is 90.6 Å². The van der Waals surface area contributed by atoms with Crippen molar-refractivity contribution in [2.75, 3.05) is 25.4 Å². The second-order valence-electron chi connectivity index (χ2n) is 7.33. The number of anilines is 1. The van der Waals surface area contributed by atoms with Gasteiger partial charge in [-0.2, -0.15) is 0 Å². The monoisotopic (exact) mass is 416 g/mol. The third kappa shape index (κ3) is 4.83. The van der Waals surface area contributed by atoms with Gasteiger partial charge in [0.05, 0.1) is 12.2 Å². The Morgan fingerprint density at radius 2 is 1.87 bits per heavy atom. The number of benzene rings is 2. The highest BCUT2D eigenvalue weighted by molar-refractivity contribution is 5.87. The molecule has 7 heteroatoms. The molecule has 3 aromatic rings. The molecule has 1 aliphatic rings. The van der Waals surface area contributed by atoms with Crippen molar-refractivity contribution in [3.05, 3.63) is 73.6 Å². The fourth-order valence-corrected chi connectivity index (χ4v) is 3.57. The first kappa shape index (κ1) is 20.4. The van der Waals surface area contributed by atoms with Crippen LogP contribution >= 0.6 is 0 Å². The average molecular weight is 416 g/mol. The lowest BCUT2D eigenvalue weighted by Crippen LogP contribution is -2.27. The SMILES string of the molecule is C=CC(=O)N1CC[C@@H](COc2ncnc(N)c2-c2ccc(Oc3ccccc3)cc2)C1. The second kappa shape index (κ2) is 9.30. The highest BCUT2D eigenvalue weighted by Crippen LogP contribution is 2.34. The molecule has 0 unspecified atom stereocenters. The summed E-state index contributed by atoms with van der Waals surface area (Å²) in [6.07, 6.45) is 3.61. The molecule has 1 fully saturated rings. The summed E-state index contributed by atoms with van der Waals surface area (Å²) >= 11 is 0. The van der Waals surface area contributed by atoms with Crippen LogP contribution in [0.4, 0.5) is 5.82 Å². The molecule has 4 rings (SSSR count). The zero-order valence-corrected chi connectivity index (χ0v) is 17.1. The number of nitrogens with zero attached hydrogens (tertiary/aromatic N) is 3. The lowest BCUT2D eigenvalue weighted by atomic mass is 10.1. The smallest absolute Gasteiger partial charge is 0.245 e. The van der Waals surface area contributed by atoms with E-state index in [-0.39, 0.29) is 11.8 Å². The van der Waals surface area contributed by atoms with Gasteiger partial charge in [-0.15, -0.1) is 0 Å². The Labute approximate surface area is 181 Å². The minimum Gasteiger partial charge on any atom is -0.477 e. The first-order valence-corrected chi connectivity index (χ1v) is 10.1. The normalized spacial score (nSPS) is 15.5. The Balaban J connectivity index is 1.46. The summed E-state index contributed by atoms with van der Waals surface area (Å²) in [7, 11) is 0. The number of carbonyl (C=O) groups excluding carboxylic acids is 1. The summed E-state index contributed by atoms with van der Waals surface area (Å²) < 4.78 is 11.9. The summed E-state index contributed by atoms with van der Waals surface area (Å²) in [5, 5.41) is 0. The van der Waals surface area contributed by atoms with Crippen molar-refractivity contribution in [1.29, 1.82) is 0 Å². The molecule has 7 nitrogen and oxygen atoms in total. The maximum absolute atomic E-state index is 11.8. The van der Waals surface area contributed by atoms with E-state index in [9.17, 15) is 4.79 Å². The van der Waals surface area contributed by atoms with E-state index in [0.717, 1.165) is 17.7 Å². The van der Waals surface area contributed by atoms with Gasteiger partial charge < -0.3 is 20.1 Å². The van der Waals surface area contributed by atoms with Crippen LogP contribution in [0.5, 0.6) is 17.4 Å². The number of carbonyl (C=O) groups is 1. The fourth-order valence-electron chi connectivity index (χ4n) is 3.57. The molecule has 2 N–H and O–H groups in total. The van der Waals surface area contributed by atoms with Gasteiger partial charge in [0.2, 0.25) is 11.8 Å². The first-order valence-electron chi connectivity index (χ1n) is 10.1. The molecule has 1 amide bonds. The number of amides is 1. The Morgan fingerprint density at radius 1 is 1.13 bits per heavy atom. The molecule has 2 heterocycles. The number of nitrogens with two attached hydrogens (primary N) is 1. The van der Waals surface area contributed by atoms with Crippen molar-refractivity contribution in [2.24, 2.45) is 5.92 Å². The Morgan fingerprint density at radius 3 is 2.61 bits per heavy atom. The van der Waals surface area contributed by atoms with Gasteiger partial charge >= 0.3 is 0 Å². The Bertz CT molecular complexity index is 1050. The number of rotatable bonds is 7. The van der Waals surface area contributed by atoms with Crippen LogP contribution in [-0.2, 0) is 4.79 Å². The van der Waals surface area contributed by atoms with Crippen LogP contribution in [0.1, 0.15) is 6.42 Å². The summed E-state index contributed by atoms with van der Waals surface area (Å²) in [4.78, 5) is 22.0. The zero-order valence-electron chi connectivity index (χ0n) is 17.1. The maximum Gasteiger partial charge on any atom is 0.245 e. The Kier molecular flexibility index (Phi) is 6.12. The van der Waals surface area contributed by atoms with Crippen molar-refractivity contribution in [3.8, 4) is 28.5 Å². The molecule has 0 aliphatic carbocycles. The molecule has 1 aromatic heterocycles. The predicted octanol–water partition coefficient (Wildman–Crippen LogP) is 3.93. The molecule has 1 aliphatic heterocycles. The van der Waals surface area contributed by atoms with Gasteiger partial charge in [-0.3, -0.25) is 4.79 Å². The summed E-state index contributed by atoms with van der Waals surface area (Å²) in [6.45, 7) is 5.34. The first-order chi connectivity index (χ1) is 15.1. The second-order valence-corrected chi connectivity index (χ2v) is 7.33. The molecule has 0 saturated carbocycles. The largest absolute Gasteiger partial charge is 0.477 e. The summed E-state index contributed by atoms with van der Waals surface area (Å²) in [5.41, 5.74) is 7.63. The Hall–Kier alpha value is -3.87. The number of ether oxygens (including phenoxy) is 2. The van der Waals surface area contributed by atoms with Crippen molar-refractivity contribution in [3.63, 3.8) is 0 Å². The number of nitrogen functional groups attached to an aromatic ring is 1. The van der Waals surface area contributed by atoms with Crippen molar-refractivity contribution in [2.45, 2.75) is 6.42 Å². The molecule has 31 heavy (non-hydrogen) atoms. The summed E-state index contributed by atoms with van der Waals surface area (Å²) in [5.74, 6) is 2.43. The third-order valence-corrected chi connectivity index (χ3v) is 5.19. The van der Waals surface area contributed by atoms with Gasteiger partial charge in [0.1, 0.15) is 23.6 Å². The standard InChI is InChI=1S/C24H24N4O3/c1-2-21(29)28-13-12-17(14-28)15-30-24-22(23(25)26-16-27-24)18-8-10-20(11-9-18)31-19-6-4-3-5-7-19/h2-11,16-17H,1,12-15H2,(H2,25,26,27)/t17-/m1/s1. The summed E-state index contributed by atoms with van der Waals surface area (Å²) in [6, 6.07) is 17.1. The van der Waals surface area contributed by atoms with Crippen LogP contribution in [-0.4, -0.2) is 40.5 Å². The van der Waals surface area contributed by atoms with Crippen LogP contribution in [0.3, 0.4) is 0 Å². The average Bonchev–Trinajstić information content (AvgIpc) is 3.28. The van der Waals surface area contributed by atoms with Gasteiger partial charge in [0.25, 0.3) is 0 Å². The van der Waals surface area contributed by atoms with Crippen molar-refractivity contribution in [1.82, 2.24) is 14.9 Å². The van der Waals surface area contributed by atoms with Crippen LogP contribution in [0, 0.1) is 5.92 Å². The van der Waals surface area contributed by atoms with Crippen molar-refractivity contribution >= 4 is 11.7 Å². The number of para-hydroxylation sites is 1. The maximum atomic E-state index is 11.8. The lowest BCUT2D eigenvalue weighted by molar-refractivity contribution is -0.125. The van der Waals surface area contributed by atoms with Crippen LogP contribution < -0.4 is 15.2 Å². The van der Waals surface area contributed by atoms with E-state index in [2.05, 4.69) is 16.5 Å². The lowest BCUT2D eigenvalue weighted by Gasteiger charge is -2.16. The minimum atomic E-state index is -0.0488. The van der Waals surface area contributed by atoms with Crippen LogP contribution in [0.15, 0.2) is 73.6 Å². The van der Waals surface area contributed by atoms with Gasteiger partial charge in [0.15, 0.2) is 0 Å². The molecule has 2 aromatic carbocycles.